The van der Waals surface area contributed by atoms with E-state index in [1.807, 2.05) is 12.1 Å². The summed E-state index contributed by atoms with van der Waals surface area (Å²) in [6.07, 6.45) is 0. The molecule has 7 heteroatoms. The van der Waals surface area contributed by atoms with Crippen molar-refractivity contribution < 1.29 is 0 Å². The van der Waals surface area contributed by atoms with E-state index in [1.165, 1.54) is 17.7 Å². The van der Waals surface area contributed by atoms with Crippen molar-refractivity contribution in [2.45, 2.75) is 6.54 Å². The highest BCUT2D eigenvalue weighted by Crippen LogP contribution is 2.25. The Balaban J connectivity index is 2.30. The Morgan fingerprint density at radius 3 is 2.60 bits per heavy atom. The fourth-order valence-corrected chi connectivity index (χ4v) is 2.31. The Morgan fingerprint density at radius 2 is 1.90 bits per heavy atom. The molecule has 1 aromatic carbocycles. The van der Waals surface area contributed by atoms with E-state index in [-0.39, 0.29) is 11.2 Å². The van der Waals surface area contributed by atoms with Gasteiger partial charge < -0.3 is 5.32 Å². The van der Waals surface area contributed by atoms with Gasteiger partial charge in [-0.1, -0.05) is 27.5 Å². The Morgan fingerprint density at radius 1 is 1.20 bits per heavy atom. The number of halogens is 2. The van der Waals surface area contributed by atoms with Crippen LogP contribution in [0.25, 0.3) is 0 Å². The number of hydrogen-bond donors (Lipinski definition) is 1. The van der Waals surface area contributed by atoms with Crippen LogP contribution in [0.15, 0.2) is 38.3 Å². The van der Waals surface area contributed by atoms with E-state index in [9.17, 15) is 9.59 Å². The first-order chi connectivity index (χ1) is 9.40. The average Bonchev–Trinajstić information content (AvgIpc) is 2.42. The first-order valence-electron chi connectivity index (χ1n) is 5.85. The minimum Gasteiger partial charge on any atom is -0.378 e. The zero-order chi connectivity index (χ0) is 14.9. The molecule has 0 aliphatic rings. The molecule has 0 atom stereocenters. The Kier molecular flexibility index (Phi) is 4.35. The fourth-order valence-electron chi connectivity index (χ4n) is 1.77. The van der Waals surface area contributed by atoms with Gasteiger partial charge in [-0.05, 0) is 18.2 Å². The fraction of sp³-hybridized carbons (Fsp3) is 0.231. The van der Waals surface area contributed by atoms with Crippen LogP contribution in [0.5, 0.6) is 0 Å². The third-order valence-corrected chi connectivity index (χ3v) is 3.84. The second-order valence-corrected chi connectivity index (χ2v) is 5.68. The molecular formula is C13H13BrClN3O2. The smallest absolute Gasteiger partial charge is 0.330 e. The summed E-state index contributed by atoms with van der Waals surface area (Å²) in [5.41, 5.74) is 0.642. The maximum Gasteiger partial charge on any atom is 0.330 e. The van der Waals surface area contributed by atoms with Crippen molar-refractivity contribution in [1.29, 1.82) is 0 Å². The Hall–Kier alpha value is -1.53. The van der Waals surface area contributed by atoms with Gasteiger partial charge in [0.2, 0.25) is 0 Å². The molecule has 0 saturated carbocycles. The van der Waals surface area contributed by atoms with Crippen LogP contribution in [0.4, 0.5) is 5.69 Å². The predicted octanol–water partition coefficient (Wildman–Crippen LogP) is 2.11. The summed E-state index contributed by atoms with van der Waals surface area (Å²) in [6, 6.07) is 6.86. The predicted molar refractivity (Wildman–Crippen MR) is 83.4 cm³/mol. The lowest BCUT2D eigenvalue weighted by Gasteiger charge is -2.12. The standard InChI is InChI=1S/C13H13BrClN3O2/c1-17-9(6-12(19)18(2)13(17)20)7-16-11-5-8(14)3-4-10(11)15/h3-6,16H,7H2,1-2H3. The van der Waals surface area contributed by atoms with Gasteiger partial charge in [0, 0.05) is 30.3 Å². The van der Waals surface area contributed by atoms with Gasteiger partial charge in [-0.2, -0.15) is 0 Å². The molecule has 106 valence electrons. The second-order valence-electron chi connectivity index (χ2n) is 4.35. The molecular weight excluding hydrogens is 346 g/mol. The van der Waals surface area contributed by atoms with Crippen molar-refractivity contribution in [3.05, 3.63) is 60.3 Å². The van der Waals surface area contributed by atoms with Gasteiger partial charge in [0.15, 0.2) is 0 Å². The molecule has 0 unspecified atom stereocenters. The third kappa shape index (κ3) is 2.96. The zero-order valence-corrected chi connectivity index (χ0v) is 13.3. The summed E-state index contributed by atoms with van der Waals surface area (Å²) in [7, 11) is 3.08. The van der Waals surface area contributed by atoms with E-state index in [2.05, 4.69) is 21.2 Å². The molecule has 1 N–H and O–H groups in total. The summed E-state index contributed by atoms with van der Waals surface area (Å²) in [5.74, 6) is 0. The monoisotopic (exact) mass is 357 g/mol. The van der Waals surface area contributed by atoms with Crippen LogP contribution in [0.1, 0.15) is 5.69 Å². The number of nitrogens with zero attached hydrogens (tertiary/aromatic N) is 2. The number of hydrogen-bond acceptors (Lipinski definition) is 3. The molecule has 5 nitrogen and oxygen atoms in total. The van der Waals surface area contributed by atoms with Crippen molar-refractivity contribution in [2.75, 3.05) is 5.32 Å². The highest BCUT2D eigenvalue weighted by molar-refractivity contribution is 9.10. The third-order valence-electron chi connectivity index (χ3n) is 3.01. The van der Waals surface area contributed by atoms with E-state index in [1.54, 1.807) is 13.1 Å². The lowest BCUT2D eigenvalue weighted by Crippen LogP contribution is -2.38. The molecule has 0 saturated heterocycles. The van der Waals surface area contributed by atoms with E-state index >= 15 is 0 Å². The molecule has 0 aliphatic heterocycles. The minimum absolute atomic E-state index is 0.328. The average molecular weight is 359 g/mol. The first kappa shape index (κ1) is 14.9. The molecule has 0 bridgehead atoms. The summed E-state index contributed by atoms with van der Waals surface area (Å²) in [5, 5.41) is 3.69. The largest absolute Gasteiger partial charge is 0.378 e. The topological polar surface area (TPSA) is 56.0 Å². The summed E-state index contributed by atoms with van der Waals surface area (Å²) in [4.78, 5) is 23.4. The lowest BCUT2D eigenvalue weighted by molar-refractivity contribution is 0.655. The zero-order valence-electron chi connectivity index (χ0n) is 11.0. The maximum absolute atomic E-state index is 11.8. The second kappa shape index (κ2) is 5.85. The van der Waals surface area contributed by atoms with Crippen molar-refractivity contribution in [2.24, 2.45) is 14.1 Å². The van der Waals surface area contributed by atoms with Crippen LogP contribution >= 0.6 is 27.5 Å². The molecule has 1 heterocycles. The van der Waals surface area contributed by atoms with Gasteiger partial charge in [-0.3, -0.25) is 13.9 Å². The number of benzene rings is 1. The van der Waals surface area contributed by atoms with Crippen molar-refractivity contribution in [3.8, 4) is 0 Å². The van der Waals surface area contributed by atoms with Crippen LogP contribution in [-0.4, -0.2) is 9.13 Å². The molecule has 0 amide bonds. The number of nitrogens with one attached hydrogen (secondary N) is 1. The van der Waals surface area contributed by atoms with Crippen molar-refractivity contribution in [1.82, 2.24) is 9.13 Å². The van der Waals surface area contributed by atoms with Crippen LogP contribution in [0.3, 0.4) is 0 Å². The number of anilines is 1. The van der Waals surface area contributed by atoms with Crippen LogP contribution in [-0.2, 0) is 20.6 Å². The quantitative estimate of drug-likeness (QED) is 0.914. The van der Waals surface area contributed by atoms with Gasteiger partial charge in [0.05, 0.1) is 17.3 Å². The molecule has 0 spiro atoms. The highest BCUT2D eigenvalue weighted by atomic mass is 79.9. The Labute approximate surface area is 128 Å². The molecule has 1 aromatic heterocycles. The van der Waals surface area contributed by atoms with E-state index in [4.69, 9.17) is 11.6 Å². The SMILES string of the molecule is Cn1c(CNc2cc(Br)ccc2Cl)cc(=O)n(C)c1=O. The summed E-state index contributed by atoms with van der Waals surface area (Å²) in [6.45, 7) is 0.331. The number of aromatic nitrogens is 2. The van der Waals surface area contributed by atoms with Crippen molar-refractivity contribution >= 4 is 33.2 Å². The van der Waals surface area contributed by atoms with E-state index in [0.717, 1.165) is 14.7 Å². The lowest BCUT2D eigenvalue weighted by atomic mass is 10.3. The van der Waals surface area contributed by atoms with Gasteiger partial charge in [0.25, 0.3) is 5.56 Å². The van der Waals surface area contributed by atoms with Gasteiger partial charge in [0.1, 0.15) is 0 Å². The van der Waals surface area contributed by atoms with E-state index < -0.39 is 0 Å². The molecule has 2 aromatic rings. The minimum atomic E-state index is -0.352. The van der Waals surface area contributed by atoms with Crippen LogP contribution in [0, 0.1) is 0 Å². The van der Waals surface area contributed by atoms with Gasteiger partial charge in [-0.15, -0.1) is 0 Å². The van der Waals surface area contributed by atoms with Crippen LogP contribution < -0.4 is 16.6 Å². The van der Waals surface area contributed by atoms with Gasteiger partial charge in [-0.25, -0.2) is 4.79 Å². The van der Waals surface area contributed by atoms with Crippen molar-refractivity contribution in [3.63, 3.8) is 0 Å². The molecule has 0 fully saturated rings. The van der Waals surface area contributed by atoms with Gasteiger partial charge >= 0.3 is 5.69 Å². The maximum atomic E-state index is 11.8. The Bertz CT molecular complexity index is 767. The van der Waals surface area contributed by atoms with E-state index in [0.29, 0.717) is 17.3 Å². The number of rotatable bonds is 3. The normalized spacial score (nSPS) is 10.6. The van der Waals surface area contributed by atoms with Crippen LogP contribution in [0.2, 0.25) is 5.02 Å². The summed E-state index contributed by atoms with van der Waals surface area (Å²) < 4.78 is 3.39. The highest BCUT2D eigenvalue weighted by Gasteiger charge is 2.07. The molecule has 2 rings (SSSR count). The molecule has 0 aliphatic carbocycles. The first-order valence-corrected chi connectivity index (χ1v) is 7.02. The summed E-state index contributed by atoms with van der Waals surface area (Å²) >= 11 is 9.43. The molecule has 0 radical (unpaired) electrons. The molecule has 20 heavy (non-hydrogen) atoms.